The summed E-state index contributed by atoms with van der Waals surface area (Å²) in [6, 6.07) is 7.91. The number of pyridine rings is 1. The highest BCUT2D eigenvalue weighted by molar-refractivity contribution is 6.10. The predicted octanol–water partition coefficient (Wildman–Crippen LogP) is 0.568. The predicted molar refractivity (Wildman–Crippen MR) is 119 cm³/mol. The van der Waals surface area contributed by atoms with Crippen LogP contribution in [-0.4, -0.2) is 58.9 Å². The van der Waals surface area contributed by atoms with Gasteiger partial charge in [0.05, 0.1) is 13.7 Å². The Morgan fingerprint density at radius 3 is 2.74 bits per heavy atom. The first-order valence-electron chi connectivity index (χ1n) is 10.8. The first-order valence-corrected chi connectivity index (χ1v) is 10.8. The van der Waals surface area contributed by atoms with Gasteiger partial charge in [0, 0.05) is 29.9 Å². The second-order valence-corrected chi connectivity index (χ2v) is 8.43. The second-order valence-electron chi connectivity index (χ2n) is 8.43. The number of fused-ring (bicyclic) bond motifs is 1. The van der Waals surface area contributed by atoms with Crippen LogP contribution in [0.2, 0.25) is 0 Å². The molecule has 10 nitrogen and oxygen atoms in total. The van der Waals surface area contributed by atoms with Gasteiger partial charge in [-0.05, 0) is 42.7 Å². The van der Waals surface area contributed by atoms with E-state index in [0.29, 0.717) is 16.9 Å². The number of hydrogen-bond acceptors (Lipinski definition) is 6. The van der Waals surface area contributed by atoms with E-state index in [1.807, 2.05) is 0 Å². The van der Waals surface area contributed by atoms with Gasteiger partial charge in [0.25, 0.3) is 17.7 Å². The maximum absolute atomic E-state index is 13.0. The number of rotatable bonds is 5. The quantitative estimate of drug-likeness (QED) is 0.443. The van der Waals surface area contributed by atoms with Crippen molar-refractivity contribution in [3.63, 3.8) is 0 Å². The molecule has 3 heterocycles. The maximum Gasteiger partial charge on any atom is 0.323 e. The number of hydrogen-bond donors (Lipinski definition) is 3. The molecule has 10 heteroatoms. The molecule has 2 fully saturated rings. The number of amides is 5. The van der Waals surface area contributed by atoms with Crippen molar-refractivity contribution >= 4 is 23.8 Å². The van der Waals surface area contributed by atoms with Gasteiger partial charge in [-0.2, -0.15) is 0 Å². The molecular formula is C24H21N5O5. The summed E-state index contributed by atoms with van der Waals surface area (Å²) in [7, 11) is 1.52. The molecule has 3 N–H and O–H groups in total. The number of aromatic nitrogens is 1. The first kappa shape index (κ1) is 21.5. The van der Waals surface area contributed by atoms with Crippen molar-refractivity contribution in [3.8, 4) is 17.6 Å². The molecule has 34 heavy (non-hydrogen) atoms. The summed E-state index contributed by atoms with van der Waals surface area (Å²) >= 11 is 0. The van der Waals surface area contributed by atoms with Gasteiger partial charge in [0.1, 0.15) is 11.4 Å². The van der Waals surface area contributed by atoms with E-state index in [9.17, 15) is 19.2 Å². The van der Waals surface area contributed by atoms with Gasteiger partial charge in [-0.3, -0.25) is 19.7 Å². The standard InChI is InChI=1S/C24H21N5O5/c1-34-17-6-3-15-12-29(21(31)18(15)10-17)13-24(22(32)27-23(33)28-24)9-8-14-2-7-19(25-11-14)20(30)26-16-4-5-16/h2-3,6-7,10-11,16H,4-5,12-13H2,1H3,(H,26,30)(H2,27,28,32,33)/t24-/m1/s1. The number of nitrogens with one attached hydrogen (secondary N) is 3. The molecular weight excluding hydrogens is 438 g/mol. The fraction of sp³-hybridized carbons (Fsp3) is 0.292. The van der Waals surface area contributed by atoms with Gasteiger partial charge in [0.2, 0.25) is 5.54 Å². The van der Waals surface area contributed by atoms with Crippen molar-refractivity contribution in [2.75, 3.05) is 13.7 Å². The van der Waals surface area contributed by atoms with Crippen LogP contribution in [0.5, 0.6) is 5.75 Å². The number of methoxy groups -OCH3 is 1. The topological polar surface area (TPSA) is 130 Å². The second kappa shape index (κ2) is 8.19. The fourth-order valence-electron chi connectivity index (χ4n) is 3.88. The van der Waals surface area contributed by atoms with Crippen molar-refractivity contribution in [2.45, 2.75) is 31.0 Å². The van der Waals surface area contributed by atoms with Crippen LogP contribution >= 0.6 is 0 Å². The number of carbonyl (C=O) groups is 4. The summed E-state index contributed by atoms with van der Waals surface area (Å²) in [6.07, 6.45) is 3.38. The van der Waals surface area contributed by atoms with Crippen molar-refractivity contribution in [1.29, 1.82) is 0 Å². The first-order chi connectivity index (χ1) is 16.4. The zero-order valence-corrected chi connectivity index (χ0v) is 18.3. The van der Waals surface area contributed by atoms with Gasteiger partial charge in [-0.25, -0.2) is 9.78 Å². The monoisotopic (exact) mass is 459 g/mol. The van der Waals surface area contributed by atoms with E-state index < -0.39 is 17.5 Å². The van der Waals surface area contributed by atoms with Crippen molar-refractivity contribution < 1.29 is 23.9 Å². The van der Waals surface area contributed by atoms with Crippen molar-refractivity contribution in [2.24, 2.45) is 0 Å². The van der Waals surface area contributed by atoms with E-state index in [0.717, 1.165) is 18.4 Å². The SMILES string of the molecule is COc1ccc2c(c1)C(=O)N(C[C@@]1(C#Cc3ccc(C(=O)NC4CC4)nc3)NC(=O)NC1=O)C2. The summed E-state index contributed by atoms with van der Waals surface area (Å²) in [5, 5.41) is 7.63. The van der Waals surface area contributed by atoms with Crippen LogP contribution in [0.1, 0.15) is 44.8 Å². The molecule has 0 spiro atoms. The third-order valence-corrected chi connectivity index (χ3v) is 5.89. The molecule has 0 unspecified atom stereocenters. The Hall–Kier alpha value is -4.39. The lowest BCUT2D eigenvalue weighted by molar-refractivity contribution is -0.122. The summed E-state index contributed by atoms with van der Waals surface area (Å²) in [5.41, 5.74) is 0.382. The van der Waals surface area contributed by atoms with Crippen LogP contribution < -0.4 is 20.7 Å². The lowest BCUT2D eigenvalue weighted by Gasteiger charge is -2.26. The summed E-state index contributed by atoms with van der Waals surface area (Å²) in [5.74, 6) is 5.06. The zero-order valence-electron chi connectivity index (χ0n) is 18.3. The highest BCUT2D eigenvalue weighted by atomic mass is 16.5. The minimum Gasteiger partial charge on any atom is -0.497 e. The normalized spacial score (nSPS) is 20.7. The van der Waals surface area contributed by atoms with Gasteiger partial charge in [-0.1, -0.05) is 17.9 Å². The van der Waals surface area contributed by atoms with Gasteiger partial charge in [-0.15, -0.1) is 0 Å². The van der Waals surface area contributed by atoms with E-state index in [1.165, 1.54) is 18.2 Å². The molecule has 5 rings (SSSR count). The molecule has 1 atom stereocenters. The van der Waals surface area contributed by atoms with E-state index in [-0.39, 0.29) is 36.6 Å². The van der Waals surface area contributed by atoms with E-state index >= 15 is 0 Å². The number of urea groups is 1. The molecule has 5 amide bonds. The Balaban J connectivity index is 1.37. The fourth-order valence-corrected chi connectivity index (χ4v) is 3.88. The average Bonchev–Trinajstić information content (AvgIpc) is 3.53. The molecule has 172 valence electrons. The summed E-state index contributed by atoms with van der Waals surface area (Å²) in [4.78, 5) is 55.4. The lowest BCUT2D eigenvalue weighted by atomic mass is 9.99. The Bertz CT molecular complexity index is 1270. The Morgan fingerprint density at radius 1 is 1.26 bits per heavy atom. The Kier molecular flexibility index (Phi) is 5.17. The minimum atomic E-state index is -1.62. The van der Waals surface area contributed by atoms with E-state index in [1.54, 1.807) is 30.3 Å². The van der Waals surface area contributed by atoms with E-state index in [2.05, 4.69) is 32.8 Å². The molecule has 1 saturated carbocycles. The van der Waals surface area contributed by atoms with Crippen LogP contribution in [0.15, 0.2) is 36.5 Å². The van der Waals surface area contributed by atoms with Crippen LogP contribution in [-0.2, 0) is 11.3 Å². The number of nitrogens with zero attached hydrogens (tertiary/aromatic N) is 2. The number of ether oxygens (including phenoxy) is 1. The Labute approximate surface area is 195 Å². The maximum atomic E-state index is 13.0. The molecule has 1 aromatic carbocycles. The van der Waals surface area contributed by atoms with Gasteiger partial charge < -0.3 is 20.3 Å². The highest BCUT2D eigenvalue weighted by Crippen LogP contribution is 2.28. The molecule has 0 bridgehead atoms. The van der Waals surface area contributed by atoms with Crippen LogP contribution in [0.4, 0.5) is 4.79 Å². The van der Waals surface area contributed by atoms with Crippen molar-refractivity contribution in [3.05, 3.63) is 58.9 Å². The molecule has 3 aliphatic rings. The van der Waals surface area contributed by atoms with Crippen molar-refractivity contribution in [1.82, 2.24) is 25.8 Å². The van der Waals surface area contributed by atoms with Crippen LogP contribution in [0, 0.1) is 11.8 Å². The van der Waals surface area contributed by atoms with E-state index in [4.69, 9.17) is 4.74 Å². The zero-order chi connectivity index (χ0) is 23.9. The molecule has 0 radical (unpaired) electrons. The molecule has 1 saturated heterocycles. The van der Waals surface area contributed by atoms with Crippen LogP contribution in [0.3, 0.4) is 0 Å². The Morgan fingerprint density at radius 2 is 2.09 bits per heavy atom. The molecule has 2 aromatic rings. The third-order valence-electron chi connectivity index (χ3n) is 5.89. The number of carbonyl (C=O) groups excluding carboxylic acids is 4. The third kappa shape index (κ3) is 4.03. The lowest BCUT2D eigenvalue weighted by Crippen LogP contribution is -2.54. The number of benzene rings is 1. The van der Waals surface area contributed by atoms with Gasteiger partial charge in [0.15, 0.2) is 0 Å². The molecule has 1 aromatic heterocycles. The molecule has 2 aliphatic heterocycles. The summed E-state index contributed by atoms with van der Waals surface area (Å²) < 4.78 is 5.19. The van der Waals surface area contributed by atoms with Crippen LogP contribution in [0.25, 0.3) is 0 Å². The highest BCUT2D eigenvalue weighted by Gasteiger charge is 2.48. The minimum absolute atomic E-state index is 0.136. The largest absolute Gasteiger partial charge is 0.497 e. The smallest absolute Gasteiger partial charge is 0.323 e. The van der Waals surface area contributed by atoms with Gasteiger partial charge >= 0.3 is 6.03 Å². The number of imide groups is 1. The average molecular weight is 459 g/mol. The summed E-state index contributed by atoms with van der Waals surface area (Å²) in [6.45, 7) is 0.139. The molecule has 1 aliphatic carbocycles.